The van der Waals surface area contributed by atoms with E-state index in [0.29, 0.717) is 0 Å². The van der Waals surface area contributed by atoms with Gasteiger partial charge in [-0.05, 0) is 32.0 Å². The molecule has 2 N–H and O–H groups in total. The zero-order valence-electron chi connectivity index (χ0n) is 9.09. The Morgan fingerprint density at radius 1 is 1.12 bits per heavy atom. The number of hydrogen-bond donors (Lipinski definition) is 1. The lowest BCUT2D eigenvalue weighted by atomic mass is 10.3. The van der Waals surface area contributed by atoms with E-state index in [4.69, 9.17) is 10.5 Å². The van der Waals surface area contributed by atoms with Crippen LogP contribution < -0.4 is 10.5 Å². The number of nitrogens with two attached hydrogens (primary N) is 1. The van der Waals surface area contributed by atoms with E-state index in [-0.39, 0.29) is 24.0 Å². The summed E-state index contributed by atoms with van der Waals surface area (Å²) in [6, 6.07) is 1.26. The van der Waals surface area contributed by atoms with Crippen molar-refractivity contribution < 1.29 is 24.2 Å². The topological polar surface area (TPSA) is 35.2 Å². The minimum atomic E-state index is -9.67. The smallest absolute Gasteiger partial charge is 0.310 e. The van der Waals surface area contributed by atoms with E-state index in [2.05, 4.69) is 0 Å². The summed E-state index contributed by atoms with van der Waals surface area (Å²) in [7, 11) is -9.67. The second-order valence-corrected chi connectivity index (χ2v) is 6.24. The van der Waals surface area contributed by atoms with Crippen molar-refractivity contribution in [3.8, 4) is 5.75 Å². The summed E-state index contributed by atoms with van der Waals surface area (Å²) < 4.78 is 67.2. The largest absolute Gasteiger partial charge is 0.489 e. The molecule has 0 saturated heterocycles. The molecule has 0 radical (unpaired) electrons. The van der Waals surface area contributed by atoms with Crippen LogP contribution in [0.25, 0.3) is 0 Å². The van der Waals surface area contributed by atoms with Crippen molar-refractivity contribution in [2.24, 2.45) is 0 Å². The zero-order chi connectivity index (χ0) is 13.5. The van der Waals surface area contributed by atoms with Gasteiger partial charge in [0.05, 0.1) is 11.8 Å². The number of halogens is 5. The molecule has 1 rings (SSSR count). The fourth-order valence-electron chi connectivity index (χ4n) is 1.13. The lowest BCUT2D eigenvalue weighted by molar-refractivity contribution is 0.243. The van der Waals surface area contributed by atoms with Gasteiger partial charge < -0.3 is 10.5 Å². The fourth-order valence-corrected chi connectivity index (χ4v) is 1.80. The predicted octanol–water partition coefficient (Wildman–Crippen LogP) is 4.71. The van der Waals surface area contributed by atoms with Crippen LogP contribution in [0.2, 0.25) is 0 Å². The van der Waals surface area contributed by atoms with Crippen molar-refractivity contribution in [3.05, 3.63) is 18.2 Å². The summed E-state index contributed by atoms with van der Waals surface area (Å²) in [6.07, 6.45) is -0.317. The van der Waals surface area contributed by atoms with E-state index in [1.54, 1.807) is 13.8 Å². The molecule has 2 nitrogen and oxygen atoms in total. The van der Waals surface area contributed by atoms with Gasteiger partial charge in [-0.3, -0.25) is 0 Å². The molecule has 100 valence electrons. The second kappa shape index (κ2) is 3.18. The van der Waals surface area contributed by atoms with Crippen molar-refractivity contribution in [2.45, 2.75) is 24.8 Å². The molecule has 0 fully saturated rings. The molecule has 0 aliphatic carbocycles. The van der Waals surface area contributed by atoms with Gasteiger partial charge in [0, 0.05) is 0 Å². The van der Waals surface area contributed by atoms with Gasteiger partial charge in [0.2, 0.25) is 0 Å². The van der Waals surface area contributed by atoms with E-state index in [9.17, 15) is 19.4 Å². The maximum atomic E-state index is 12.4. The molecule has 8 heteroatoms. The van der Waals surface area contributed by atoms with Crippen molar-refractivity contribution in [1.82, 2.24) is 0 Å². The number of hydrogen-bond acceptors (Lipinski definition) is 2. The first-order valence-corrected chi connectivity index (χ1v) is 6.55. The third kappa shape index (κ3) is 3.65. The van der Waals surface area contributed by atoms with Crippen LogP contribution in [-0.4, -0.2) is 6.10 Å². The highest BCUT2D eigenvalue weighted by atomic mass is 32.5. The van der Waals surface area contributed by atoms with Crippen LogP contribution in [0, 0.1) is 0 Å². The van der Waals surface area contributed by atoms with Gasteiger partial charge in [-0.2, -0.15) is 0 Å². The third-order valence-electron chi connectivity index (χ3n) is 1.79. The van der Waals surface area contributed by atoms with Crippen molar-refractivity contribution in [1.29, 1.82) is 0 Å². The van der Waals surface area contributed by atoms with Gasteiger partial charge in [-0.15, -0.1) is 0 Å². The van der Waals surface area contributed by atoms with Crippen LogP contribution in [-0.2, 0) is 0 Å². The summed E-state index contributed by atoms with van der Waals surface area (Å²) >= 11 is 0. The molecule has 0 heterocycles. The molecular formula is C9H12F5NOS. The molecule has 1 aromatic carbocycles. The summed E-state index contributed by atoms with van der Waals surface area (Å²) in [6.45, 7) is 3.27. The Hall–Kier alpha value is -1.18. The molecule has 0 unspecified atom stereocenters. The lowest BCUT2D eigenvalue weighted by Gasteiger charge is -2.40. The number of nitrogen functional groups attached to an aromatic ring is 1. The quantitative estimate of drug-likeness (QED) is 0.641. The molecular weight excluding hydrogens is 265 g/mol. The van der Waals surface area contributed by atoms with Crippen LogP contribution >= 0.6 is 10.2 Å². The Morgan fingerprint density at radius 2 is 1.65 bits per heavy atom. The third-order valence-corrected chi connectivity index (χ3v) is 2.93. The van der Waals surface area contributed by atoms with Crippen LogP contribution in [0.5, 0.6) is 5.75 Å². The molecule has 0 aliphatic rings. The van der Waals surface area contributed by atoms with Gasteiger partial charge in [-0.1, -0.05) is 19.4 Å². The second-order valence-electron chi connectivity index (χ2n) is 3.84. The Morgan fingerprint density at radius 3 is 2.00 bits per heavy atom. The van der Waals surface area contributed by atoms with Crippen LogP contribution in [0.15, 0.2) is 23.1 Å². The van der Waals surface area contributed by atoms with E-state index in [1.807, 2.05) is 0 Å². The first kappa shape index (κ1) is 13.9. The minimum absolute atomic E-state index is 0.0504. The van der Waals surface area contributed by atoms with Gasteiger partial charge in [0.25, 0.3) is 0 Å². The maximum Gasteiger partial charge on any atom is 0.310 e. The molecule has 0 spiro atoms. The van der Waals surface area contributed by atoms with E-state index < -0.39 is 20.8 Å². The molecule has 17 heavy (non-hydrogen) atoms. The van der Waals surface area contributed by atoms with Crippen molar-refractivity contribution >= 4 is 15.9 Å². The first-order valence-electron chi connectivity index (χ1n) is 4.60. The zero-order valence-corrected chi connectivity index (χ0v) is 9.91. The SMILES string of the molecule is CC(C)Oc1ccc(S(F)(F)(F)(F)F)cc1N. The van der Waals surface area contributed by atoms with Gasteiger partial charge >= 0.3 is 10.2 Å². The highest BCUT2D eigenvalue weighted by Gasteiger charge is 2.65. The number of rotatable bonds is 3. The van der Waals surface area contributed by atoms with Crippen LogP contribution in [0.1, 0.15) is 13.8 Å². The molecule has 0 saturated carbocycles. The number of anilines is 1. The Kier molecular flexibility index (Phi) is 2.60. The maximum absolute atomic E-state index is 12.4. The average Bonchev–Trinajstić information content (AvgIpc) is 2.03. The average molecular weight is 277 g/mol. The summed E-state index contributed by atoms with van der Waals surface area (Å²) in [5.41, 5.74) is 4.78. The summed E-state index contributed by atoms with van der Waals surface area (Å²) in [4.78, 5) is -2.02. The summed E-state index contributed by atoms with van der Waals surface area (Å²) in [5, 5.41) is 0. The normalized spacial score (nSPS) is 16.5. The van der Waals surface area contributed by atoms with Gasteiger partial charge in [0.15, 0.2) is 0 Å². The molecule has 0 bridgehead atoms. The molecule has 0 aliphatic heterocycles. The van der Waals surface area contributed by atoms with Gasteiger partial charge in [0.1, 0.15) is 10.6 Å². The Labute approximate surface area is 95.3 Å². The van der Waals surface area contributed by atoms with Crippen molar-refractivity contribution in [2.75, 3.05) is 5.73 Å². The first-order chi connectivity index (χ1) is 7.29. The Balaban J connectivity index is 3.24. The summed E-state index contributed by atoms with van der Waals surface area (Å²) in [5.74, 6) is -0.0504. The standard InChI is InChI=1S/C9H12F5NOS/c1-6(2)16-9-4-3-7(5-8(9)15)17(10,11,12,13)14/h3-6H,15H2,1-2H3. The Bertz CT molecular complexity index is 442. The van der Waals surface area contributed by atoms with E-state index in [1.165, 1.54) is 0 Å². The van der Waals surface area contributed by atoms with E-state index >= 15 is 0 Å². The highest BCUT2D eigenvalue weighted by Crippen LogP contribution is 3.02. The van der Waals surface area contributed by atoms with E-state index in [0.717, 1.165) is 6.07 Å². The molecule has 0 amide bonds. The number of ether oxygens (including phenoxy) is 1. The lowest BCUT2D eigenvalue weighted by Crippen LogP contribution is -2.10. The molecule has 0 aromatic heterocycles. The highest BCUT2D eigenvalue weighted by molar-refractivity contribution is 8.45. The monoisotopic (exact) mass is 277 g/mol. The molecule has 1 aromatic rings. The number of benzene rings is 1. The van der Waals surface area contributed by atoms with Crippen molar-refractivity contribution in [3.63, 3.8) is 0 Å². The van der Waals surface area contributed by atoms with Gasteiger partial charge in [-0.25, -0.2) is 0 Å². The van der Waals surface area contributed by atoms with Crippen LogP contribution in [0.3, 0.4) is 0 Å². The van der Waals surface area contributed by atoms with Crippen LogP contribution in [0.4, 0.5) is 25.1 Å². The fraction of sp³-hybridized carbons (Fsp3) is 0.333. The predicted molar refractivity (Wildman–Crippen MR) is 58.0 cm³/mol. The minimum Gasteiger partial charge on any atom is -0.489 e. The molecule has 0 atom stereocenters.